The lowest BCUT2D eigenvalue weighted by molar-refractivity contribution is -0.888. The lowest BCUT2D eigenvalue weighted by Crippen LogP contribution is -2.50. The number of likely N-dealkylation sites (N-methyl/N-ethyl adjacent to an activating group) is 1. The maximum Gasteiger partial charge on any atom is 0.303 e. The number of methoxy groups -OCH3 is 2. The number of hydrogen-bond acceptors (Lipinski definition) is 6. The second-order valence-electron chi connectivity index (χ2n) is 10.3. The van der Waals surface area contributed by atoms with Gasteiger partial charge in [0.05, 0.1) is 58.9 Å². The van der Waals surface area contributed by atoms with Crippen molar-refractivity contribution in [2.45, 2.75) is 29.6 Å². The van der Waals surface area contributed by atoms with Gasteiger partial charge in [0.15, 0.2) is 6.10 Å². The highest BCUT2D eigenvalue weighted by atomic mass is 32.2. The van der Waals surface area contributed by atoms with Crippen molar-refractivity contribution in [1.29, 1.82) is 0 Å². The predicted octanol–water partition coefficient (Wildman–Crippen LogP) is 5.13. The molecule has 7 nitrogen and oxygen atoms in total. The molecule has 1 aliphatic heterocycles. The molecule has 0 fully saturated rings. The molecule has 3 aromatic rings. The van der Waals surface area contributed by atoms with Gasteiger partial charge in [-0.3, -0.25) is 9.59 Å². The molecule has 1 amide bonds. The second kappa shape index (κ2) is 12.6. The van der Waals surface area contributed by atoms with Crippen LogP contribution in [0.4, 0.5) is 5.69 Å². The number of ether oxygens (including phenoxy) is 3. The van der Waals surface area contributed by atoms with E-state index in [9.17, 15) is 9.59 Å². The average molecular weight is 550 g/mol. The highest BCUT2D eigenvalue weighted by Gasteiger charge is 2.41. The molecule has 0 N–H and O–H groups in total. The van der Waals surface area contributed by atoms with Gasteiger partial charge in [-0.15, -0.1) is 11.8 Å². The van der Waals surface area contributed by atoms with E-state index in [0.717, 1.165) is 51.6 Å². The van der Waals surface area contributed by atoms with Crippen molar-refractivity contribution in [2.75, 3.05) is 52.8 Å². The Morgan fingerprint density at radius 1 is 0.923 bits per heavy atom. The Kier molecular flexibility index (Phi) is 9.20. The van der Waals surface area contributed by atoms with Crippen molar-refractivity contribution < 1.29 is 28.3 Å². The van der Waals surface area contributed by atoms with E-state index in [1.54, 1.807) is 30.9 Å². The summed E-state index contributed by atoms with van der Waals surface area (Å²) in [5.41, 5.74) is 2.95. The highest BCUT2D eigenvalue weighted by molar-refractivity contribution is 7.99. The zero-order valence-electron chi connectivity index (χ0n) is 23.3. The number of quaternary nitrogens is 1. The molecule has 0 spiro atoms. The fraction of sp³-hybridized carbons (Fsp3) is 0.355. The van der Waals surface area contributed by atoms with E-state index in [1.807, 2.05) is 60.7 Å². The summed E-state index contributed by atoms with van der Waals surface area (Å²) < 4.78 is 17.1. The number of hydrogen-bond donors (Lipinski definition) is 0. The Morgan fingerprint density at radius 3 is 2.33 bits per heavy atom. The molecule has 206 valence electrons. The Labute approximate surface area is 235 Å². The molecule has 0 aliphatic carbocycles. The molecule has 0 aromatic heterocycles. The molecule has 39 heavy (non-hydrogen) atoms. The summed E-state index contributed by atoms with van der Waals surface area (Å²) in [4.78, 5) is 29.1. The number of esters is 1. The molecule has 0 saturated carbocycles. The largest absolute Gasteiger partial charge is 0.497 e. The molecule has 0 saturated heterocycles. The number of thioether (sulfide) groups is 1. The van der Waals surface area contributed by atoms with Gasteiger partial charge in [0.2, 0.25) is 0 Å². The van der Waals surface area contributed by atoms with E-state index in [4.69, 9.17) is 14.2 Å². The number of carbonyl (C=O) groups excluding carboxylic acids is 2. The lowest BCUT2D eigenvalue weighted by Gasteiger charge is -2.34. The predicted molar refractivity (Wildman–Crippen MR) is 154 cm³/mol. The fourth-order valence-electron chi connectivity index (χ4n) is 4.68. The SMILES string of the molecule is COc1ccc([C@H]2Sc3ccccc3N(CC[N+](C)(C)CCc3cccc(OC)c3)C(=O)[C@H]2OC(C)=O)cc1. The molecule has 3 aromatic carbocycles. The third-order valence-corrected chi connectivity index (χ3v) is 8.37. The van der Waals surface area contributed by atoms with Crippen LogP contribution in [-0.2, 0) is 20.7 Å². The van der Waals surface area contributed by atoms with Crippen molar-refractivity contribution in [3.8, 4) is 11.5 Å². The normalized spacial score (nSPS) is 17.3. The lowest BCUT2D eigenvalue weighted by atomic mass is 10.1. The Bertz CT molecular complexity index is 1290. The van der Waals surface area contributed by atoms with Gasteiger partial charge in [-0.2, -0.15) is 0 Å². The molecular formula is C31H37N2O5S+. The first-order valence-corrected chi connectivity index (χ1v) is 13.9. The molecule has 8 heteroatoms. The Hall–Kier alpha value is -3.49. The maximum atomic E-state index is 14.1. The standard InChI is InChI=1S/C31H37N2O5S/c1-22(34)38-29-30(24-13-15-25(36-4)16-14-24)39-28-12-7-6-11-27(28)32(31(29)35)18-20-33(2,3)19-17-23-9-8-10-26(21-23)37-5/h6-16,21,29-30H,17-20H2,1-5H3/q+1/t29-,30+/m0/s1. The van der Waals surface area contributed by atoms with Gasteiger partial charge in [-0.05, 0) is 47.5 Å². The second-order valence-corrected chi connectivity index (χ2v) is 11.5. The number of rotatable bonds is 10. The third-order valence-electron chi connectivity index (χ3n) is 7.00. The third kappa shape index (κ3) is 7.13. The molecule has 2 atom stereocenters. The molecule has 0 bridgehead atoms. The zero-order valence-corrected chi connectivity index (χ0v) is 24.1. The summed E-state index contributed by atoms with van der Waals surface area (Å²) in [5.74, 6) is 0.887. The van der Waals surface area contributed by atoms with Crippen LogP contribution in [0, 0.1) is 0 Å². The molecular weight excluding hydrogens is 512 g/mol. The van der Waals surface area contributed by atoms with Gasteiger partial charge in [-0.25, -0.2) is 0 Å². The summed E-state index contributed by atoms with van der Waals surface area (Å²) in [6, 6.07) is 23.6. The monoisotopic (exact) mass is 549 g/mol. The van der Waals surface area contributed by atoms with Crippen molar-refractivity contribution in [2.24, 2.45) is 0 Å². The van der Waals surface area contributed by atoms with Gasteiger partial charge in [-0.1, -0.05) is 36.4 Å². The van der Waals surface area contributed by atoms with Crippen LogP contribution in [0.1, 0.15) is 23.3 Å². The highest BCUT2D eigenvalue weighted by Crippen LogP contribution is 2.46. The van der Waals surface area contributed by atoms with E-state index in [1.165, 1.54) is 12.5 Å². The van der Waals surface area contributed by atoms with Crippen LogP contribution in [0.5, 0.6) is 11.5 Å². The van der Waals surface area contributed by atoms with Crippen LogP contribution in [0.3, 0.4) is 0 Å². The first kappa shape index (κ1) is 28.5. The van der Waals surface area contributed by atoms with Crippen molar-refractivity contribution >= 4 is 29.3 Å². The van der Waals surface area contributed by atoms with Crippen LogP contribution in [-0.4, -0.2) is 70.4 Å². The molecule has 1 aliphatic rings. The smallest absolute Gasteiger partial charge is 0.303 e. The number of amides is 1. The van der Waals surface area contributed by atoms with E-state index in [2.05, 4.69) is 26.2 Å². The summed E-state index contributed by atoms with van der Waals surface area (Å²) in [7, 11) is 7.64. The molecule has 4 rings (SSSR count). The summed E-state index contributed by atoms with van der Waals surface area (Å²) in [6.07, 6.45) is -0.0686. The van der Waals surface area contributed by atoms with Gasteiger partial charge in [0.1, 0.15) is 11.5 Å². The van der Waals surface area contributed by atoms with Crippen molar-refractivity contribution in [3.05, 3.63) is 83.9 Å². The van der Waals surface area contributed by atoms with E-state index >= 15 is 0 Å². The molecule has 1 heterocycles. The van der Waals surface area contributed by atoms with Crippen LogP contribution in [0.2, 0.25) is 0 Å². The van der Waals surface area contributed by atoms with Crippen molar-refractivity contribution in [3.63, 3.8) is 0 Å². The Balaban J connectivity index is 1.58. The van der Waals surface area contributed by atoms with Crippen LogP contribution in [0.15, 0.2) is 77.7 Å². The first-order chi connectivity index (χ1) is 18.7. The number of fused-ring (bicyclic) bond motifs is 1. The molecule has 0 unspecified atom stereocenters. The first-order valence-electron chi connectivity index (χ1n) is 13.0. The van der Waals surface area contributed by atoms with Gasteiger partial charge >= 0.3 is 5.97 Å². The van der Waals surface area contributed by atoms with Crippen molar-refractivity contribution in [1.82, 2.24) is 0 Å². The van der Waals surface area contributed by atoms with E-state index in [-0.39, 0.29) is 5.91 Å². The van der Waals surface area contributed by atoms with Gasteiger partial charge in [0, 0.05) is 18.2 Å². The summed E-state index contributed by atoms with van der Waals surface area (Å²) in [5, 5.41) is -0.394. The van der Waals surface area contributed by atoms with Crippen LogP contribution < -0.4 is 14.4 Å². The summed E-state index contributed by atoms with van der Waals surface area (Å²) in [6.45, 7) is 3.47. The zero-order chi connectivity index (χ0) is 28.0. The molecule has 0 radical (unpaired) electrons. The minimum atomic E-state index is -0.958. The van der Waals surface area contributed by atoms with Crippen LogP contribution in [0.25, 0.3) is 0 Å². The minimum absolute atomic E-state index is 0.212. The number of benzene rings is 3. The quantitative estimate of drug-likeness (QED) is 0.258. The average Bonchev–Trinajstić information content (AvgIpc) is 3.05. The topological polar surface area (TPSA) is 65.1 Å². The number of para-hydroxylation sites is 1. The maximum absolute atomic E-state index is 14.1. The van der Waals surface area contributed by atoms with E-state index < -0.39 is 17.3 Å². The number of anilines is 1. The fourth-order valence-corrected chi connectivity index (χ4v) is 6.00. The van der Waals surface area contributed by atoms with E-state index in [0.29, 0.717) is 6.54 Å². The number of carbonyl (C=O) groups is 2. The summed E-state index contributed by atoms with van der Waals surface area (Å²) >= 11 is 1.55. The van der Waals surface area contributed by atoms with Gasteiger partial charge in [0.25, 0.3) is 5.91 Å². The minimum Gasteiger partial charge on any atom is -0.497 e. The van der Waals surface area contributed by atoms with Crippen LogP contribution >= 0.6 is 11.8 Å². The van der Waals surface area contributed by atoms with Gasteiger partial charge < -0.3 is 23.6 Å². The number of nitrogens with zero attached hydrogens (tertiary/aromatic N) is 2. The Morgan fingerprint density at radius 2 is 1.64 bits per heavy atom.